The van der Waals surface area contributed by atoms with Gasteiger partial charge in [0.15, 0.2) is 0 Å². The number of hydrogen-bond acceptors (Lipinski definition) is 4. The molecule has 0 aliphatic heterocycles. The monoisotopic (exact) mass is 381 g/mol. The van der Waals surface area contributed by atoms with Crippen molar-refractivity contribution in [3.63, 3.8) is 0 Å². The predicted octanol–water partition coefficient (Wildman–Crippen LogP) is 2.30. The average molecular weight is 382 g/mol. The number of nitrogens with zero attached hydrogens (tertiary/aromatic N) is 1. The van der Waals surface area contributed by atoms with Gasteiger partial charge in [-0.1, -0.05) is 41.9 Å². The van der Waals surface area contributed by atoms with Crippen molar-refractivity contribution in [1.82, 2.24) is 4.31 Å². The Morgan fingerprint density at radius 2 is 1.84 bits per heavy atom. The summed E-state index contributed by atoms with van der Waals surface area (Å²) in [4.78, 5) is 11.2. The van der Waals surface area contributed by atoms with Crippen molar-refractivity contribution in [1.29, 1.82) is 0 Å². The van der Waals surface area contributed by atoms with E-state index in [9.17, 15) is 13.2 Å². The zero-order valence-corrected chi connectivity index (χ0v) is 15.3. The highest BCUT2D eigenvalue weighted by atomic mass is 35.5. The van der Waals surface area contributed by atoms with Crippen LogP contribution < -0.4 is 11.5 Å². The van der Waals surface area contributed by atoms with Crippen LogP contribution in [0.2, 0.25) is 5.02 Å². The second-order valence-corrected chi connectivity index (χ2v) is 8.00. The summed E-state index contributed by atoms with van der Waals surface area (Å²) < 4.78 is 27.3. The van der Waals surface area contributed by atoms with Crippen LogP contribution in [0.1, 0.15) is 17.5 Å². The molecule has 6 nitrogen and oxygen atoms in total. The standard InChI is InChI=1S/C17H20ClN3O3S/c1-12-9-14(10-15(19)17(12)18)25(23,24)21(8-7-16(20)22)11-13-5-3-2-4-6-13/h2-6,9-10H,7-8,11,19H2,1H3,(H2,20,22). The summed E-state index contributed by atoms with van der Waals surface area (Å²) in [5.41, 5.74) is 12.5. The van der Waals surface area contributed by atoms with Crippen LogP contribution in [0.25, 0.3) is 0 Å². The van der Waals surface area contributed by atoms with Gasteiger partial charge in [0, 0.05) is 19.5 Å². The number of aryl methyl sites for hydroxylation is 1. The third-order valence-electron chi connectivity index (χ3n) is 3.70. The van der Waals surface area contributed by atoms with Gasteiger partial charge in [-0.05, 0) is 30.2 Å². The molecular weight excluding hydrogens is 362 g/mol. The molecule has 4 N–H and O–H groups in total. The number of halogens is 1. The Morgan fingerprint density at radius 3 is 2.40 bits per heavy atom. The fourth-order valence-corrected chi connectivity index (χ4v) is 4.03. The summed E-state index contributed by atoms with van der Waals surface area (Å²) in [7, 11) is -3.87. The summed E-state index contributed by atoms with van der Waals surface area (Å²) in [6, 6.07) is 11.9. The maximum atomic E-state index is 13.0. The molecule has 0 aliphatic carbocycles. The van der Waals surface area contributed by atoms with Gasteiger partial charge in [0.05, 0.1) is 15.6 Å². The Kier molecular flexibility index (Phi) is 6.05. The van der Waals surface area contributed by atoms with Crippen molar-refractivity contribution in [3.05, 3.63) is 58.6 Å². The molecule has 134 valence electrons. The molecule has 2 aromatic carbocycles. The number of nitrogens with two attached hydrogens (primary N) is 2. The van der Waals surface area contributed by atoms with E-state index in [0.717, 1.165) is 5.56 Å². The molecule has 0 saturated heterocycles. The quantitative estimate of drug-likeness (QED) is 0.717. The number of carbonyl (C=O) groups excluding carboxylic acids is 1. The van der Waals surface area contributed by atoms with E-state index in [-0.39, 0.29) is 30.1 Å². The van der Waals surface area contributed by atoms with Gasteiger partial charge in [-0.25, -0.2) is 8.42 Å². The van der Waals surface area contributed by atoms with Gasteiger partial charge in [-0.2, -0.15) is 4.31 Å². The van der Waals surface area contributed by atoms with Gasteiger partial charge >= 0.3 is 0 Å². The molecular formula is C17H20ClN3O3S. The zero-order chi connectivity index (χ0) is 18.6. The number of nitrogen functional groups attached to an aromatic ring is 1. The molecule has 0 aliphatic rings. The first-order valence-corrected chi connectivity index (χ1v) is 9.41. The van der Waals surface area contributed by atoms with Crippen LogP contribution in [0.15, 0.2) is 47.4 Å². The third-order valence-corrected chi connectivity index (χ3v) is 6.04. The molecule has 0 heterocycles. The van der Waals surface area contributed by atoms with Gasteiger partial charge in [0.1, 0.15) is 0 Å². The first kappa shape index (κ1) is 19.2. The van der Waals surface area contributed by atoms with E-state index >= 15 is 0 Å². The van der Waals surface area contributed by atoms with Crippen molar-refractivity contribution in [2.45, 2.75) is 24.8 Å². The molecule has 1 amide bonds. The zero-order valence-electron chi connectivity index (χ0n) is 13.8. The minimum atomic E-state index is -3.87. The SMILES string of the molecule is Cc1cc(S(=O)(=O)N(CCC(N)=O)Cc2ccccc2)cc(N)c1Cl. The van der Waals surface area contributed by atoms with Crippen molar-refractivity contribution in [2.75, 3.05) is 12.3 Å². The van der Waals surface area contributed by atoms with Crippen molar-refractivity contribution >= 4 is 33.2 Å². The Bertz CT molecular complexity index is 847. The normalized spacial score (nSPS) is 11.6. The summed E-state index contributed by atoms with van der Waals surface area (Å²) in [6.45, 7) is 1.79. The van der Waals surface area contributed by atoms with Crippen LogP contribution in [-0.4, -0.2) is 25.2 Å². The lowest BCUT2D eigenvalue weighted by molar-refractivity contribution is -0.118. The summed E-state index contributed by atoms with van der Waals surface area (Å²) in [5, 5.41) is 0.325. The lowest BCUT2D eigenvalue weighted by Gasteiger charge is -2.22. The second-order valence-electron chi connectivity index (χ2n) is 5.68. The number of sulfonamides is 1. The van der Waals surface area contributed by atoms with Gasteiger partial charge in [-0.15, -0.1) is 0 Å². The molecule has 2 aromatic rings. The van der Waals surface area contributed by atoms with E-state index in [1.165, 1.54) is 16.4 Å². The van der Waals surface area contributed by atoms with Crippen LogP contribution in [-0.2, 0) is 21.4 Å². The smallest absolute Gasteiger partial charge is 0.243 e. The highest BCUT2D eigenvalue weighted by Crippen LogP contribution is 2.29. The minimum Gasteiger partial charge on any atom is -0.397 e. The molecule has 25 heavy (non-hydrogen) atoms. The largest absolute Gasteiger partial charge is 0.397 e. The molecule has 0 fully saturated rings. The van der Waals surface area contributed by atoms with Crippen LogP contribution in [0.3, 0.4) is 0 Å². The van der Waals surface area contributed by atoms with Crippen LogP contribution in [0, 0.1) is 6.92 Å². The molecule has 2 rings (SSSR count). The fourth-order valence-electron chi connectivity index (χ4n) is 2.37. The molecule has 0 atom stereocenters. The maximum Gasteiger partial charge on any atom is 0.243 e. The van der Waals surface area contributed by atoms with Gasteiger partial charge in [-0.3, -0.25) is 4.79 Å². The van der Waals surface area contributed by atoms with E-state index < -0.39 is 15.9 Å². The number of amides is 1. The Morgan fingerprint density at radius 1 is 1.20 bits per heavy atom. The molecule has 0 saturated carbocycles. The van der Waals surface area contributed by atoms with Gasteiger partial charge in [0.2, 0.25) is 15.9 Å². The van der Waals surface area contributed by atoms with Crippen molar-refractivity contribution in [2.24, 2.45) is 5.73 Å². The third kappa shape index (κ3) is 4.72. The molecule has 0 radical (unpaired) electrons. The lowest BCUT2D eigenvalue weighted by atomic mass is 10.2. The van der Waals surface area contributed by atoms with E-state index in [2.05, 4.69) is 0 Å². The van der Waals surface area contributed by atoms with E-state index in [4.69, 9.17) is 23.1 Å². The topological polar surface area (TPSA) is 106 Å². The minimum absolute atomic E-state index is 0.0197. The first-order valence-electron chi connectivity index (χ1n) is 7.60. The maximum absolute atomic E-state index is 13.0. The van der Waals surface area contributed by atoms with Crippen molar-refractivity contribution < 1.29 is 13.2 Å². The first-order chi connectivity index (χ1) is 11.7. The summed E-state index contributed by atoms with van der Waals surface area (Å²) in [5.74, 6) is -0.569. The number of anilines is 1. The highest BCUT2D eigenvalue weighted by Gasteiger charge is 2.26. The number of benzene rings is 2. The van der Waals surface area contributed by atoms with Gasteiger partial charge in [0.25, 0.3) is 0 Å². The Hall–Kier alpha value is -2.09. The lowest BCUT2D eigenvalue weighted by Crippen LogP contribution is -2.33. The Labute approximate surface area is 152 Å². The van der Waals surface area contributed by atoms with E-state index in [0.29, 0.717) is 10.6 Å². The van der Waals surface area contributed by atoms with E-state index in [1.807, 2.05) is 30.3 Å². The van der Waals surface area contributed by atoms with Crippen LogP contribution in [0.5, 0.6) is 0 Å². The molecule has 0 spiro atoms. The number of hydrogen-bond donors (Lipinski definition) is 2. The molecule has 0 aromatic heterocycles. The van der Waals surface area contributed by atoms with Gasteiger partial charge < -0.3 is 11.5 Å². The molecule has 8 heteroatoms. The van der Waals surface area contributed by atoms with Crippen LogP contribution in [0.4, 0.5) is 5.69 Å². The molecule has 0 unspecified atom stereocenters. The Balaban J connectivity index is 2.41. The summed E-state index contributed by atoms with van der Waals surface area (Å²) in [6.07, 6.45) is -0.0753. The van der Waals surface area contributed by atoms with E-state index in [1.54, 1.807) is 6.92 Å². The fraction of sp³-hybridized carbons (Fsp3) is 0.235. The van der Waals surface area contributed by atoms with Crippen LogP contribution >= 0.6 is 11.6 Å². The molecule has 0 bridgehead atoms. The second kappa shape index (κ2) is 7.86. The predicted molar refractivity (Wildman–Crippen MR) is 98.5 cm³/mol. The number of carbonyl (C=O) groups is 1. The highest BCUT2D eigenvalue weighted by molar-refractivity contribution is 7.89. The summed E-state index contributed by atoms with van der Waals surface area (Å²) >= 11 is 6.02. The number of primary amides is 1. The number of rotatable bonds is 7. The van der Waals surface area contributed by atoms with Crippen molar-refractivity contribution in [3.8, 4) is 0 Å². The average Bonchev–Trinajstić information content (AvgIpc) is 2.56.